The quantitative estimate of drug-likeness (QED) is 0.383. The zero-order valence-electron chi connectivity index (χ0n) is 20.5. The molecular formula is C27H30FN3O6. The maximum Gasteiger partial charge on any atom is 0.286 e. The van der Waals surface area contributed by atoms with Gasteiger partial charge in [0.15, 0.2) is 5.76 Å². The molecule has 0 spiro atoms. The lowest BCUT2D eigenvalue weighted by atomic mass is 9.97. The van der Waals surface area contributed by atoms with Crippen molar-refractivity contribution >= 4 is 5.91 Å². The van der Waals surface area contributed by atoms with Crippen LogP contribution in [0.5, 0.6) is 0 Å². The highest BCUT2D eigenvalue weighted by molar-refractivity contribution is 5.91. The van der Waals surface area contributed by atoms with Crippen LogP contribution in [0.1, 0.15) is 23.6 Å². The van der Waals surface area contributed by atoms with Gasteiger partial charge in [0.05, 0.1) is 32.1 Å². The van der Waals surface area contributed by atoms with Crippen molar-refractivity contribution in [2.75, 3.05) is 26.4 Å². The molecule has 2 atom stereocenters. The minimum absolute atomic E-state index is 0.0136. The number of nitrogens with one attached hydrogen (secondary N) is 1. The number of carbonyl (C=O) groups is 1. The molecule has 2 heterocycles. The van der Waals surface area contributed by atoms with E-state index in [1.807, 2.05) is 30.3 Å². The van der Waals surface area contributed by atoms with Crippen LogP contribution in [-0.4, -0.2) is 53.1 Å². The topological polar surface area (TPSA) is 104 Å². The fraction of sp³-hybridized carbons (Fsp3) is 0.333. The third-order valence-electron chi connectivity index (χ3n) is 5.98. The van der Waals surface area contributed by atoms with Gasteiger partial charge in [0.25, 0.3) is 11.5 Å². The summed E-state index contributed by atoms with van der Waals surface area (Å²) < 4.78 is 34.2. The van der Waals surface area contributed by atoms with Crippen molar-refractivity contribution in [1.82, 2.24) is 14.7 Å². The number of aromatic nitrogens is 2. The molecule has 0 bridgehead atoms. The van der Waals surface area contributed by atoms with Crippen LogP contribution in [0.4, 0.5) is 4.39 Å². The van der Waals surface area contributed by atoms with Gasteiger partial charge < -0.3 is 24.6 Å². The molecule has 3 aromatic rings. The Morgan fingerprint density at radius 2 is 1.89 bits per heavy atom. The average Bonchev–Trinajstić information content (AvgIpc) is 3.21. The Bertz CT molecular complexity index is 1290. The summed E-state index contributed by atoms with van der Waals surface area (Å²) >= 11 is 0. The Balaban J connectivity index is 1.56. The number of nitrogens with zero attached hydrogens (tertiary/aromatic N) is 2. The van der Waals surface area contributed by atoms with E-state index >= 15 is 0 Å². The third kappa shape index (κ3) is 6.53. The van der Waals surface area contributed by atoms with Gasteiger partial charge in [-0.2, -0.15) is 0 Å². The Kier molecular flexibility index (Phi) is 8.89. The number of halogens is 1. The number of ether oxygens (including phenoxy) is 3. The third-order valence-corrected chi connectivity index (χ3v) is 5.98. The van der Waals surface area contributed by atoms with E-state index in [1.165, 1.54) is 12.1 Å². The van der Waals surface area contributed by atoms with Crippen molar-refractivity contribution in [3.8, 4) is 5.69 Å². The van der Waals surface area contributed by atoms with E-state index in [0.29, 0.717) is 23.4 Å². The maximum absolute atomic E-state index is 14.0. The number of amides is 1. The summed E-state index contributed by atoms with van der Waals surface area (Å²) in [4.78, 5) is 25.9. The number of aliphatic hydroxyl groups is 1. The number of hydrogen-bond donors (Lipinski definition) is 2. The van der Waals surface area contributed by atoms with Gasteiger partial charge in [0.2, 0.25) is 6.29 Å². The van der Waals surface area contributed by atoms with E-state index in [1.54, 1.807) is 40.7 Å². The maximum atomic E-state index is 14.0. The van der Waals surface area contributed by atoms with Gasteiger partial charge >= 0.3 is 0 Å². The molecule has 37 heavy (non-hydrogen) atoms. The largest absolute Gasteiger partial charge is 0.459 e. The first-order chi connectivity index (χ1) is 18.0. The van der Waals surface area contributed by atoms with Gasteiger partial charge in [-0.1, -0.05) is 36.4 Å². The fourth-order valence-corrected chi connectivity index (χ4v) is 4.20. The number of carbonyl (C=O) groups excluding carboxylic acids is 1. The molecule has 0 saturated carbocycles. The lowest BCUT2D eigenvalue weighted by Gasteiger charge is -2.29. The molecule has 0 fully saturated rings. The zero-order chi connectivity index (χ0) is 26.2. The second-order valence-corrected chi connectivity index (χ2v) is 8.48. The molecule has 9 nitrogen and oxygen atoms in total. The average molecular weight is 512 g/mol. The predicted molar refractivity (Wildman–Crippen MR) is 133 cm³/mol. The summed E-state index contributed by atoms with van der Waals surface area (Å²) in [6.45, 7) is 0.512. The number of rotatable bonds is 11. The van der Waals surface area contributed by atoms with Crippen molar-refractivity contribution in [2.45, 2.75) is 25.2 Å². The van der Waals surface area contributed by atoms with E-state index < -0.39 is 18.0 Å². The van der Waals surface area contributed by atoms with E-state index in [2.05, 4.69) is 5.32 Å². The van der Waals surface area contributed by atoms with Crippen LogP contribution < -0.4 is 10.9 Å². The molecular weight excluding hydrogens is 481 g/mol. The van der Waals surface area contributed by atoms with Crippen LogP contribution in [0.15, 0.2) is 77.3 Å². The number of allylic oxidation sites excluding steroid dienone is 1. The van der Waals surface area contributed by atoms with Crippen LogP contribution in [-0.2, 0) is 32.6 Å². The molecule has 0 unspecified atom stereocenters. The molecule has 2 aromatic carbocycles. The van der Waals surface area contributed by atoms with Gasteiger partial charge in [-0.25, -0.2) is 9.07 Å². The lowest BCUT2D eigenvalue weighted by molar-refractivity contribution is -0.151. The summed E-state index contributed by atoms with van der Waals surface area (Å²) in [6, 6.07) is 17.0. The second kappa shape index (κ2) is 12.5. The van der Waals surface area contributed by atoms with Gasteiger partial charge in [-0.05, 0) is 24.3 Å². The number of aliphatic hydroxyl groups excluding tert-OH is 1. The molecule has 0 saturated heterocycles. The van der Waals surface area contributed by atoms with Crippen LogP contribution in [0.3, 0.4) is 0 Å². The van der Waals surface area contributed by atoms with Crippen LogP contribution in [0.2, 0.25) is 0 Å². The fourth-order valence-electron chi connectivity index (χ4n) is 4.20. The molecule has 196 valence electrons. The van der Waals surface area contributed by atoms with E-state index in [0.717, 1.165) is 0 Å². The minimum Gasteiger partial charge on any atom is -0.459 e. The summed E-state index contributed by atoms with van der Waals surface area (Å²) in [5.74, 6) is -1.28. The number of hydrogen-bond acceptors (Lipinski definition) is 6. The summed E-state index contributed by atoms with van der Waals surface area (Å²) in [6.07, 6.45) is 1.23. The zero-order valence-corrected chi connectivity index (χ0v) is 20.5. The van der Waals surface area contributed by atoms with Gasteiger partial charge in [0, 0.05) is 43.3 Å². The Hall–Kier alpha value is -3.73. The van der Waals surface area contributed by atoms with Crippen LogP contribution >= 0.6 is 0 Å². The first kappa shape index (κ1) is 26.3. The number of para-hydroxylation sites is 1. The molecule has 1 aromatic heterocycles. The molecule has 1 aliphatic heterocycles. The van der Waals surface area contributed by atoms with Crippen molar-refractivity contribution in [1.29, 1.82) is 0 Å². The second-order valence-electron chi connectivity index (χ2n) is 8.48. The predicted octanol–water partition coefficient (Wildman–Crippen LogP) is 2.37. The molecule has 2 N–H and O–H groups in total. The van der Waals surface area contributed by atoms with E-state index in [-0.39, 0.29) is 50.2 Å². The van der Waals surface area contributed by atoms with Crippen molar-refractivity contribution in [3.63, 3.8) is 0 Å². The highest BCUT2D eigenvalue weighted by Crippen LogP contribution is 2.31. The summed E-state index contributed by atoms with van der Waals surface area (Å²) in [5.41, 5.74) is 1.54. The Morgan fingerprint density at radius 1 is 1.14 bits per heavy atom. The molecule has 0 radical (unpaired) electrons. The van der Waals surface area contributed by atoms with E-state index in [9.17, 15) is 14.0 Å². The van der Waals surface area contributed by atoms with Crippen molar-refractivity contribution in [3.05, 3.63) is 99.9 Å². The van der Waals surface area contributed by atoms with Gasteiger partial charge in [-0.15, -0.1) is 0 Å². The SMILES string of the molecule is Cn1c([C@H]2C=C(C(=O)NCc3ccccc3F)O[C@@H](OCCOCCO)C2)cc(=O)n1-c1ccccc1. The van der Waals surface area contributed by atoms with Gasteiger partial charge in [0.1, 0.15) is 5.82 Å². The summed E-state index contributed by atoms with van der Waals surface area (Å²) in [7, 11) is 1.78. The molecule has 1 amide bonds. The van der Waals surface area contributed by atoms with Crippen molar-refractivity contribution < 1.29 is 28.5 Å². The molecule has 4 rings (SSSR count). The van der Waals surface area contributed by atoms with E-state index in [4.69, 9.17) is 19.3 Å². The highest BCUT2D eigenvalue weighted by Gasteiger charge is 2.31. The summed E-state index contributed by atoms with van der Waals surface area (Å²) in [5, 5.41) is 11.5. The normalized spacial score (nSPS) is 17.2. The minimum atomic E-state index is -0.780. The number of benzene rings is 2. The molecule has 0 aliphatic carbocycles. The van der Waals surface area contributed by atoms with Crippen LogP contribution in [0, 0.1) is 5.82 Å². The Morgan fingerprint density at radius 3 is 2.65 bits per heavy atom. The van der Waals surface area contributed by atoms with Crippen LogP contribution in [0.25, 0.3) is 5.69 Å². The Labute approximate surface area is 213 Å². The van der Waals surface area contributed by atoms with Crippen molar-refractivity contribution in [2.24, 2.45) is 7.05 Å². The molecule has 1 aliphatic rings. The molecule has 10 heteroatoms. The first-order valence-electron chi connectivity index (χ1n) is 12.0. The van der Waals surface area contributed by atoms with Gasteiger partial charge in [-0.3, -0.25) is 14.3 Å². The monoisotopic (exact) mass is 511 g/mol. The lowest BCUT2D eigenvalue weighted by Crippen LogP contribution is -2.33. The standard InChI is InChI=1S/C27H30FN3O6/c1-30-23(17-25(33)31(30)21-8-3-2-4-9-21)20-15-24(37-26(16-20)36-14-13-35-12-11-32)27(34)29-18-19-7-5-6-10-22(19)28/h2-10,15,17,20,26,32H,11-14,16,18H2,1H3,(H,29,34)/t20-,26+/m0/s1. The smallest absolute Gasteiger partial charge is 0.286 e. The highest BCUT2D eigenvalue weighted by atomic mass is 19.1. The first-order valence-corrected chi connectivity index (χ1v) is 12.0.